The number of hydrogen-bond donors (Lipinski definition) is 0. The van der Waals surface area contributed by atoms with Crippen molar-refractivity contribution in [1.29, 1.82) is 0 Å². The lowest BCUT2D eigenvalue weighted by Crippen LogP contribution is -2.40. The fourth-order valence-electron chi connectivity index (χ4n) is 3.25. The number of carbonyl (C=O) groups excluding carboxylic acids is 1. The average Bonchev–Trinajstić information content (AvgIpc) is 2.96. The maximum atomic E-state index is 12.1. The molecular formula is C17H23N3O3S2. The Morgan fingerprint density at radius 2 is 2.04 bits per heavy atom. The Bertz CT molecular complexity index is 834. The summed E-state index contributed by atoms with van der Waals surface area (Å²) < 4.78 is 24.1. The summed E-state index contributed by atoms with van der Waals surface area (Å²) in [5, 5.41) is 0.743. The van der Waals surface area contributed by atoms with Crippen molar-refractivity contribution >= 4 is 38.4 Å². The number of nitrogens with zero attached hydrogens (tertiary/aromatic N) is 3. The van der Waals surface area contributed by atoms with Gasteiger partial charge in [-0.25, -0.2) is 8.42 Å². The zero-order chi connectivity index (χ0) is 18.4. The Kier molecular flexibility index (Phi) is 4.85. The van der Waals surface area contributed by atoms with E-state index in [4.69, 9.17) is 0 Å². The van der Waals surface area contributed by atoms with Crippen molar-refractivity contribution in [1.82, 2.24) is 4.90 Å². The predicted molar refractivity (Wildman–Crippen MR) is 103 cm³/mol. The molecule has 1 fully saturated rings. The van der Waals surface area contributed by atoms with Gasteiger partial charge in [0.15, 0.2) is 15.0 Å². The minimum atomic E-state index is -3.07. The van der Waals surface area contributed by atoms with Crippen molar-refractivity contribution in [2.24, 2.45) is 4.99 Å². The first-order valence-corrected chi connectivity index (χ1v) is 11.0. The van der Waals surface area contributed by atoms with Crippen molar-refractivity contribution < 1.29 is 13.2 Å². The number of aryl methyl sites for hydroxylation is 2. The number of aliphatic imine (C=N–C) groups is 1. The maximum Gasteiger partial charge on any atom is 0.232 e. The van der Waals surface area contributed by atoms with Gasteiger partial charge in [-0.2, -0.15) is 0 Å². The van der Waals surface area contributed by atoms with Crippen LogP contribution in [0.5, 0.6) is 0 Å². The van der Waals surface area contributed by atoms with Crippen molar-refractivity contribution in [3.63, 3.8) is 0 Å². The fourth-order valence-corrected chi connectivity index (χ4v) is 6.18. The molecule has 0 N–H and O–H groups in total. The molecule has 8 heteroatoms. The fraction of sp³-hybridized carbons (Fsp3) is 0.529. The Morgan fingerprint density at radius 1 is 1.32 bits per heavy atom. The Hall–Kier alpha value is -1.54. The molecule has 1 aromatic carbocycles. The highest BCUT2D eigenvalue weighted by atomic mass is 32.2. The molecule has 1 saturated heterocycles. The third-order valence-corrected chi connectivity index (χ3v) is 7.19. The first-order chi connectivity index (χ1) is 11.7. The molecule has 2 heterocycles. The summed E-state index contributed by atoms with van der Waals surface area (Å²) in [6, 6.07) is 5.69. The lowest BCUT2D eigenvalue weighted by atomic mass is 10.1. The van der Waals surface area contributed by atoms with Crippen molar-refractivity contribution in [2.45, 2.75) is 25.9 Å². The normalized spacial score (nSPS) is 24.2. The van der Waals surface area contributed by atoms with Gasteiger partial charge in [0.1, 0.15) is 0 Å². The van der Waals surface area contributed by atoms with Crippen LogP contribution < -0.4 is 4.90 Å². The number of carbonyl (C=O) groups is 1. The van der Waals surface area contributed by atoms with Crippen molar-refractivity contribution in [3.8, 4) is 0 Å². The molecule has 0 aromatic heterocycles. The van der Waals surface area contributed by atoms with Crippen LogP contribution in [-0.4, -0.2) is 67.8 Å². The number of sulfone groups is 1. The monoisotopic (exact) mass is 381 g/mol. The van der Waals surface area contributed by atoms with Crippen LogP contribution in [0.4, 0.5) is 5.69 Å². The quantitative estimate of drug-likeness (QED) is 0.793. The second-order valence-corrected chi connectivity index (χ2v) is 9.96. The zero-order valence-corrected chi connectivity index (χ0v) is 16.5. The average molecular weight is 382 g/mol. The van der Waals surface area contributed by atoms with Crippen LogP contribution in [0.1, 0.15) is 11.1 Å². The highest BCUT2D eigenvalue weighted by Gasteiger charge is 2.47. The molecule has 0 spiro atoms. The molecule has 3 rings (SSSR count). The highest BCUT2D eigenvalue weighted by molar-refractivity contribution is 8.14. The van der Waals surface area contributed by atoms with Crippen LogP contribution in [0.25, 0.3) is 0 Å². The molecule has 2 aliphatic rings. The van der Waals surface area contributed by atoms with Gasteiger partial charge in [-0.3, -0.25) is 9.79 Å². The summed E-state index contributed by atoms with van der Waals surface area (Å²) in [6.45, 7) is 4.05. The summed E-state index contributed by atoms with van der Waals surface area (Å²) >= 11 is 1.38. The number of benzene rings is 1. The smallest absolute Gasteiger partial charge is 0.232 e. The van der Waals surface area contributed by atoms with Crippen LogP contribution >= 0.6 is 11.8 Å². The summed E-state index contributed by atoms with van der Waals surface area (Å²) in [5.74, 6) is 0.502. The molecule has 1 amide bonds. The van der Waals surface area contributed by atoms with Gasteiger partial charge in [0, 0.05) is 19.8 Å². The van der Waals surface area contributed by atoms with Crippen molar-refractivity contribution in [3.05, 3.63) is 29.3 Å². The molecule has 0 saturated carbocycles. The van der Waals surface area contributed by atoms with Gasteiger partial charge in [0.05, 0.1) is 29.3 Å². The second-order valence-electron chi connectivity index (χ2n) is 6.86. The van der Waals surface area contributed by atoms with Gasteiger partial charge >= 0.3 is 0 Å². The SMILES string of the molecule is Cc1ccc(N2C(SCC(=O)N(C)C)=NC3CS(=O)(=O)CC32)c(C)c1. The largest absolute Gasteiger partial charge is 0.348 e. The number of hydrogen-bond acceptors (Lipinski definition) is 6. The van der Waals surface area contributed by atoms with E-state index < -0.39 is 9.84 Å². The number of rotatable bonds is 3. The van der Waals surface area contributed by atoms with Crippen LogP contribution in [0.3, 0.4) is 0 Å². The number of thioether (sulfide) groups is 1. The van der Waals surface area contributed by atoms with Gasteiger partial charge in [-0.1, -0.05) is 29.5 Å². The Labute approximate surface area is 153 Å². The second kappa shape index (κ2) is 6.64. The van der Waals surface area contributed by atoms with Crippen molar-refractivity contribution in [2.75, 3.05) is 36.3 Å². The van der Waals surface area contributed by atoms with Gasteiger partial charge in [0.25, 0.3) is 0 Å². The summed E-state index contributed by atoms with van der Waals surface area (Å²) in [5.41, 5.74) is 3.21. The molecule has 0 radical (unpaired) electrons. The molecule has 0 aliphatic carbocycles. The lowest BCUT2D eigenvalue weighted by molar-refractivity contribution is -0.125. The molecule has 2 unspecified atom stereocenters. The summed E-state index contributed by atoms with van der Waals surface area (Å²) in [7, 11) is 0.381. The molecular weight excluding hydrogens is 358 g/mol. The van der Waals surface area contributed by atoms with E-state index in [0.29, 0.717) is 5.75 Å². The first-order valence-electron chi connectivity index (χ1n) is 8.15. The third-order valence-electron chi connectivity index (χ3n) is 4.54. The van der Waals surface area contributed by atoms with E-state index in [-0.39, 0.29) is 29.5 Å². The Balaban J connectivity index is 1.93. The van der Waals surface area contributed by atoms with E-state index in [0.717, 1.165) is 22.0 Å². The molecule has 25 heavy (non-hydrogen) atoms. The molecule has 1 aromatic rings. The van der Waals surface area contributed by atoms with E-state index in [9.17, 15) is 13.2 Å². The first kappa shape index (κ1) is 18.3. The predicted octanol–water partition coefficient (Wildman–Crippen LogP) is 1.47. The lowest BCUT2D eigenvalue weighted by Gasteiger charge is -2.28. The van der Waals surface area contributed by atoms with Gasteiger partial charge in [-0.05, 0) is 25.5 Å². The summed E-state index contributed by atoms with van der Waals surface area (Å²) in [4.78, 5) is 20.2. The minimum Gasteiger partial charge on any atom is -0.348 e. The molecule has 0 bridgehead atoms. The number of anilines is 1. The highest BCUT2D eigenvalue weighted by Crippen LogP contribution is 2.36. The number of amides is 1. The van der Waals surface area contributed by atoms with Crippen LogP contribution in [-0.2, 0) is 14.6 Å². The van der Waals surface area contributed by atoms with E-state index in [1.807, 2.05) is 30.9 Å². The molecule has 6 nitrogen and oxygen atoms in total. The Morgan fingerprint density at radius 3 is 2.68 bits per heavy atom. The number of amidine groups is 1. The van der Waals surface area contributed by atoms with Gasteiger partial charge in [-0.15, -0.1) is 0 Å². The van der Waals surface area contributed by atoms with Crippen LogP contribution in [0, 0.1) is 13.8 Å². The van der Waals surface area contributed by atoms with Gasteiger partial charge in [0.2, 0.25) is 5.91 Å². The third kappa shape index (κ3) is 3.69. The van der Waals surface area contributed by atoms with E-state index in [1.54, 1.807) is 19.0 Å². The van der Waals surface area contributed by atoms with E-state index in [1.165, 1.54) is 11.8 Å². The van der Waals surface area contributed by atoms with E-state index >= 15 is 0 Å². The van der Waals surface area contributed by atoms with Gasteiger partial charge < -0.3 is 9.80 Å². The molecule has 2 atom stereocenters. The molecule has 136 valence electrons. The summed E-state index contributed by atoms with van der Waals surface area (Å²) in [6.07, 6.45) is 0. The van der Waals surface area contributed by atoms with Crippen LogP contribution in [0.15, 0.2) is 23.2 Å². The standard InChI is InChI=1S/C17H23N3O3S2/c1-11-5-6-14(12(2)7-11)20-15-10-25(22,23)9-13(15)18-17(20)24-8-16(21)19(3)4/h5-7,13,15H,8-10H2,1-4H3. The van der Waals surface area contributed by atoms with E-state index in [2.05, 4.69) is 11.1 Å². The molecule has 2 aliphatic heterocycles. The zero-order valence-electron chi connectivity index (χ0n) is 14.9. The number of fused-ring (bicyclic) bond motifs is 1. The van der Waals surface area contributed by atoms with Crippen LogP contribution in [0.2, 0.25) is 0 Å². The maximum absolute atomic E-state index is 12.1. The minimum absolute atomic E-state index is 0.0120. The topological polar surface area (TPSA) is 70.1 Å².